The fourth-order valence-corrected chi connectivity index (χ4v) is 5.33. The van der Waals surface area contributed by atoms with Gasteiger partial charge in [-0.3, -0.25) is 19.7 Å². The lowest BCUT2D eigenvalue weighted by Gasteiger charge is -2.44. The highest BCUT2D eigenvalue weighted by Crippen LogP contribution is 2.39. The number of piperazine rings is 1. The molecule has 4 rings (SSSR count). The summed E-state index contributed by atoms with van der Waals surface area (Å²) in [4.78, 5) is 31.8. The van der Waals surface area contributed by atoms with Gasteiger partial charge in [0.2, 0.25) is 5.91 Å². The third-order valence-electron chi connectivity index (χ3n) is 6.91. The lowest BCUT2D eigenvalue weighted by molar-refractivity contribution is -0.144. The van der Waals surface area contributed by atoms with Gasteiger partial charge in [0.05, 0.1) is 0 Å². The zero-order valence-corrected chi connectivity index (χ0v) is 17.6. The highest BCUT2D eigenvalue weighted by molar-refractivity contribution is 5.92. The van der Waals surface area contributed by atoms with Crippen molar-refractivity contribution in [1.82, 2.24) is 15.3 Å². The minimum absolute atomic E-state index is 0.253. The molecule has 0 aromatic heterocycles. The summed E-state index contributed by atoms with van der Waals surface area (Å²) in [5.74, 6) is -0.210. The number of carbonyl (C=O) groups excluding carboxylic acids is 2. The second-order valence-electron chi connectivity index (χ2n) is 8.58. The Balaban J connectivity index is 1.44. The van der Waals surface area contributed by atoms with Crippen LogP contribution in [0, 0.1) is 0 Å². The molecule has 2 aliphatic heterocycles. The second kappa shape index (κ2) is 9.18. The number of benzene rings is 1. The van der Waals surface area contributed by atoms with Gasteiger partial charge in [-0.25, -0.2) is 5.48 Å². The van der Waals surface area contributed by atoms with Crippen LogP contribution >= 0.6 is 0 Å². The fraction of sp³-hybridized carbons (Fsp3) is 0.565. The molecule has 162 valence electrons. The molecule has 0 spiro atoms. The molecular formula is C23H32N4O3. The van der Waals surface area contributed by atoms with Crippen LogP contribution in [0.1, 0.15) is 44.1 Å². The summed E-state index contributed by atoms with van der Waals surface area (Å²) in [6.45, 7) is 5.13. The van der Waals surface area contributed by atoms with Gasteiger partial charge in [-0.15, -0.1) is 0 Å². The summed E-state index contributed by atoms with van der Waals surface area (Å²) in [5, 5.41) is 8.70. The number of likely N-dealkylation sites (tertiary alicyclic amines) is 1. The van der Waals surface area contributed by atoms with Crippen molar-refractivity contribution in [3.8, 4) is 0 Å². The van der Waals surface area contributed by atoms with E-state index in [0.717, 1.165) is 76.2 Å². The largest absolute Gasteiger partial charge is 0.367 e. The normalized spacial score (nSPS) is 22.0. The van der Waals surface area contributed by atoms with Crippen LogP contribution in [0.5, 0.6) is 0 Å². The van der Waals surface area contributed by atoms with Crippen molar-refractivity contribution in [3.63, 3.8) is 0 Å². The molecule has 1 saturated carbocycles. The molecule has 1 aromatic carbocycles. The molecule has 1 aliphatic carbocycles. The Morgan fingerprint density at radius 2 is 1.60 bits per heavy atom. The maximum Gasteiger partial charge on any atom is 0.267 e. The van der Waals surface area contributed by atoms with Crippen LogP contribution in [-0.2, 0) is 9.59 Å². The van der Waals surface area contributed by atoms with E-state index in [1.807, 2.05) is 24.3 Å². The van der Waals surface area contributed by atoms with E-state index in [-0.39, 0.29) is 5.54 Å². The van der Waals surface area contributed by atoms with E-state index in [4.69, 9.17) is 5.21 Å². The van der Waals surface area contributed by atoms with Gasteiger partial charge in [0.1, 0.15) is 5.54 Å². The average Bonchev–Trinajstić information content (AvgIpc) is 3.50. The Labute approximate surface area is 178 Å². The molecule has 7 nitrogen and oxygen atoms in total. The first-order chi connectivity index (χ1) is 14.6. The number of anilines is 1. The Kier molecular flexibility index (Phi) is 6.39. The Hall–Kier alpha value is -2.38. The van der Waals surface area contributed by atoms with Gasteiger partial charge < -0.3 is 9.80 Å². The van der Waals surface area contributed by atoms with Gasteiger partial charge in [0, 0.05) is 37.9 Å². The topological polar surface area (TPSA) is 76.1 Å². The predicted molar refractivity (Wildman–Crippen MR) is 116 cm³/mol. The van der Waals surface area contributed by atoms with Gasteiger partial charge in [-0.1, -0.05) is 31.0 Å². The van der Waals surface area contributed by atoms with E-state index < -0.39 is 5.91 Å². The van der Waals surface area contributed by atoms with Crippen LogP contribution in [-0.4, -0.2) is 71.6 Å². The highest BCUT2D eigenvalue weighted by Gasteiger charge is 2.48. The van der Waals surface area contributed by atoms with Gasteiger partial charge in [-0.05, 0) is 56.5 Å². The number of rotatable bonds is 5. The number of nitrogens with one attached hydrogen (secondary N) is 1. The molecule has 0 atom stereocenters. The number of hydroxylamine groups is 1. The number of para-hydroxylation sites is 1. The molecular weight excluding hydrogens is 380 g/mol. The van der Waals surface area contributed by atoms with Crippen molar-refractivity contribution in [2.45, 2.75) is 44.1 Å². The number of hydrogen-bond donors (Lipinski definition) is 2. The fourth-order valence-electron chi connectivity index (χ4n) is 5.33. The maximum absolute atomic E-state index is 13.6. The van der Waals surface area contributed by atoms with E-state index in [9.17, 15) is 9.59 Å². The third kappa shape index (κ3) is 4.09. The van der Waals surface area contributed by atoms with Crippen LogP contribution in [0.2, 0.25) is 0 Å². The molecule has 2 saturated heterocycles. The number of hydrogen-bond acceptors (Lipinski definition) is 5. The van der Waals surface area contributed by atoms with Crippen LogP contribution < -0.4 is 10.4 Å². The van der Waals surface area contributed by atoms with Crippen LogP contribution in [0.4, 0.5) is 5.69 Å². The lowest BCUT2D eigenvalue weighted by Crippen LogP contribution is -2.60. The van der Waals surface area contributed by atoms with Crippen molar-refractivity contribution >= 4 is 23.6 Å². The summed E-state index contributed by atoms with van der Waals surface area (Å²) in [7, 11) is 0. The number of nitrogens with zero attached hydrogens (tertiary/aromatic N) is 3. The van der Waals surface area contributed by atoms with Gasteiger partial charge in [-0.2, -0.15) is 0 Å². The average molecular weight is 413 g/mol. The van der Waals surface area contributed by atoms with Crippen LogP contribution in [0.25, 0.3) is 6.08 Å². The summed E-state index contributed by atoms with van der Waals surface area (Å²) in [5.41, 5.74) is 3.33. The predicted octanol–water partition coefficient (Wildman–Crippen LogP) is 2.26. The first-order valence-electron chi connectivity index (χ1n) is 11.1. The summed E-state index contributed by atoms with van der Waals surface area (Å²) in [6, 6.07) is 7.91. The Morgan fingerprint density at radius 3 is 2.27 bits per heavy atom. The number of carbonyl (C=O) groups is 2. The maximum atomic E-state index is 13.6. The summed E-state index contributed by atoms with van der Waals surface area (Å²) >= 11 is 0. The van der Waals surface area contributed by atoms with Crippen molar-refractivity contribution in [3.05, 3.63) is 35.9 Å². The van der Waals surface area contributed by atoms with Crippen LogP contribution in [0.15, 0.2) is 30.3 Å². The SMILES string of the molecule is O=C(/C=C/c1ccccc1N1CCN(C(=O)C2(N3CCCC3)CCCC2)CC1)NO. The standard InChI is InChI=1S/C23H32N4O3/c28-21(24-30)10-9-19-7-1-2-8-20(19)25-15-17-26(18-16-25)22(29)23(11-3-4-12-23)27-13-5-6-14-27/h1-2,7-10,30H,3-6,11-18H2,(H,24,28)/b10-9+. The molecule has 7 heteroatoms. The molecule has 2 N–H and O–H groups in total. The zero-order valence-electron chi connectivity index (χ0n) is 17.6. The monoisotopic (exact) mass is 412 g/mol. The molecule has 0 bridgehead atoms. The van der Waals surface area contributed by atoms with Gasteiger partial charge in [0.25, 0.3) is 5.91 Å². The summed E-state index contributed by atoms with van der Waals surface area (Å²) in [6.07, 6.45) is 9.77. The quantitative estimate of drug-likeness (QED) is 0.441. The first kappa shape index (κ1) is 20.9. The van der Waals surface area contributed by atoms with Crippen molar-refractivity contribution in [2.24, 2.45) is 0 Å². The van der Waals surface area contributed by atoms with Crippen molar-refractivity contribution in [2.75, 3.05) is 44.2 Å². The second-order valence-corrected chi connectivity index (χ2v) is 8.58. The molecule has 1 aromatic rings. The Morgan fingerprint density at radius 1 is 0.933 bits per heavy atom. The highest BCUT2D eigenvalue weighted by atomic mass is 16.5. The third-order valence-corrected chi connectivity index (χ3v) is 6.91. The molecule has 0 radical (unpaired) electrons. The minimum atomic E-state index is -0.552. The van der Waals surface area contributed by atoms with Gasteiger partial charge >= 0.3 is 0 Å². The van der Waals surface area contributed by atoms with Gasteiger partial charge in [0.15, 0.2) is 0 Å². The Bertz CT molecular complexity index is 789. The van der Waals surface area contributed by atoms with E-state index in [1.165, 1.54) is 18.9 Å². The van der Waals surface area contributed by atoms with Crippen LogP contribution in [0.3, 0.4) is 0 Å². The molecule has 3 aliphatic rings. The van der Waals surface area contributed by atoms with E-state index in [1.54, 1.807) is 11.6 Å². The zero-order chi connectivity index (χ0) is 21.0. The smallest absolute Gasteiger partial charge is 0.267 e. The lowest BCUT2D eigenvalue weighted by atomic mass is 9.92. The summed E-state index contributed by atoms with van der Waals surface area (Å²) < 4.78 is 0. The first-order valence-corrected chi connectivity index (χ1v) is 11.1. The van der Waals surface area contributed by atoms with Crippen molar-refractivity contribution < 1.29 is 14.8 Å². The molecule has 2 heterocycles. The van der Waals surface area contributed by atoms with E-state index in [2.05, 4.69) is 14.7 Å². The molecule has 0 unspecified atom stereocenters. The minimum Gasteiger partial charge on any atom is -0.367 e. The van der Waals surface area contributed by atoms with E-state index >= 15 is 0 Å². The molecule has 2 amide bonds. The molecule has 3 fully saturated rings. The molecule has 30 heavy (non-hydrogen) atoms. The van der Waals surface area contributed by atoms with Crippen molar-refractivity contribution in [1.29, 1.82) is 0 Å². The van der Waals surface area contributed by atoms with E-state index in [0.29, 0.717) is 5.91 Å². The number of amides is 2.